The predicted molar refractivity (Wildman–Crippen MR) is 114 cm³/mol. The molecule has 0 saturated heterocycles. The number of carbonyl (C=O) groups excluding carboxylic acids is 2. The maximum absolute atomic E-state index is 12.3. The van der Waals surface area contributed by atoms with Crippen LogP contribution in [0.3, 0.4) is 0 Å². The number of amides is 2. The molecule has 7 nitrogen and oxygen atoms in total. The Morgan fingerprint density at radius 2 is 1.70 bits per heavy atom. The number of sulfonamides is 1. The van der Waals surface area contributed by atoms with E-state index in [1.165, 1.54) is 41.7 Å². The Morgan fingerprint density at radius 3 is 2.33 bits per heavy atom. The van der Waals surface area contributed by atoms with Crippen LogP contribution in [0.25, 0.3) is 0 Å². The highest BCUT2D eigenvalue weighted by atomic mass is 32.2. The minimum absolute atomic E-state index is 0.0812. The monoisotopic (exact) mass is 444 g/mol. The quantitative estimate of drug-likeness (QED) is 0.556. The van der Waals surface area contributed by atoms with E-state index in [0.29, 0.717) is 12.3 Å². The summed E-state index contributed by atoms with van der Waals surface area (Å²) in [5.74, 6) is -0.652. The van der Waals surface area contributed by atoms with Gasteiger partial charge in [-0.2, -0.15) is 11.3 Å². The molecule has 1 aromatic heterocycles. The molecule has 2 aromatic carbocycles. The zero-order chi connectivity index (χ0) is 21.6. The number of hydrogen-bond donors (Lipinski definition) is 2. The van der Waals surface area contributed by atoms with Gasteiger partial charge < -0.3 is 10.1 Å². The molecule has 156 valence electrons. The molecule has 0 aliphatic heterocycles. The molecular formula is C21H20N2O5S2. The van der Waals surface area contributed by atoms with Crippen LogP contribution in [0.1, 0.15) is 21.5 Å². The van der Waals surface area contributed by atoms with Gasteiger partial charge in [-0.15, -0.1) is 0 Å². The first-order valence-electron chi connectivity index (χ1n) is 8.98. The van der Waals surface area contributed by atoms with E-state index in [9.17, 15) is 18.0 Å². The van der Waals surface area contributed by atoms with E-state index in [0.717, 1.165) is 11.1 Å². The van der Waals surface area contributed by atoms with Crippen LogP contribution in [-0.2, 0) is 21.4 Å². The van der Waals surface area contributed by atoms with Gasteiger partial charge in [-0.25, -0.2) is 13.1 Å². The van der Waals surface area contributed by atoms with Crippen LogP contribution in [0.2, 0.25) is 0 Å². The summed E-state index contributed by atoms with van der Waals surface area (Å²) in [6, 6.07) is 14.8. The predicted octanol–water partition coefficient (Wildman–Crippen LogP) is 2.87. The van der Waals surface area contributed by atoms with E-state index < -0.39 is 15.9 Å². The van der Waals surface area contributed by atoms with Gasteiger partial charge in [0.05, 0.1) is 10.5 Å². The number of benzene rings is 2. The lowest BCUT2D eigenvalue weighted by atomic mass is 10.1. The van der Waals surface area contributed by atoms with E-state index in [-0.39, 0.29) is 23.0 Å². The summed E-state index contributed by atoms with van der Waals surface area (Å²) in [5.41, 5.74) is 2.40. The van der Waals surface area contributed by atoms with Crippen molar-refractivity contribution < 1.29 is 22.7 Å². The average Bonchev–Trinajstić information content (AvgIpc) is 3.27. The molecule has 0 bridgehead atoms. The van der Waals surface area contributed by atoms with Gasteiger partial charge in [-0.05, 0) is 48.2 Å². The molecule has 0 unspecified atom stereocenters. The largest absolute Gasteiger partial charge is 0.484 e. The van der Waals surface area contributed by atoms with Crippen molar-refractivity contribution >= 4 is 33.2 Å². The number of thiophene rings is 1. The fourth-order valence-electron chi connectivity index (χ4n) is 2.46. The summed E-state index contributed by atoms with van der Waals surface area (Å²) in [5, 5.41) is 6.00. The minimum atomic E-state index is -4.01. The topological polar surface area (TPSA) is 102 Å². The van der Waals surface area contributed by atoms with Crippen molar-refractivity contribution in [1.29, 1.82) is 0 Å². The molecule has 0 aliphatic rings. The summed E-state index contributed by atoms with van der Waals surface area (Å²) in [7, 11) is -4.01. The van der Waals surface area contributed by atoms with E-state index in [1.54, 1.807) is 10.8 Å². The van der Waals surface area contributed by atoms with Gasteiger partial charge in [0.15, 0.2) is 6.61 Å². The molecule has 0 saturated carbocycles. The molecule has 0 aliphatic carbocycles. The van der Waals surface area contributed by atoms with Gasteiger partial charge in [-0.1, -0.05) is 29.8 Å². The molecule has 3 rings (SSSR count). The Balaban J connectivity index is 1.50. The maximum Gasteiger partial charge on any atom is 0.265 e. The molecule has 1 heterocycles. The first kappa shape index (κ1) is 21.5. The van der Waals surface area contributed by atoms with Gasteiger partial charge in [0, 0.05) is 11.9 Å². The Labute approximate surface area is 178 Å². The van der Waals surface area contributed by atoms with E-state index in [2.05, 4.69) is 5.32 Å². The standard InChI is InChI=1S/C21H20N2O5S2/c1-15-2-4-16(5-3-15)12-22-20(24)13-28-18-6-8-19(9-7-18)30(26,27)23-21(25)17-10-11-29-14-17/h2-11,14H,12-13H2,1H3,(H,22,24)(H,23,25). The van der Waals surface area contributed by atoms with Crippen LogP contribution in [0.4, 0.5) is 0 Å². The molecule has 0 atom stereocenters. The smallest absolute Gasteiger partial charge is 0.265 e. The second-order valence-corrected chi connectivity index (χ2v) is 8.93. The van der Waals surface area contributed by atoms with Crippen molar-refractivity contribution in [2.75, 3.05) is 6.61 Å². The summed E-state index contributed by atoms with van der Waals surface area (Å²) in [4.78, 5) is 23.8. The number of hydrogen-bond acceptors (Lipinski definition) is 6. The summed E-state index contributed by atoms with van der Waals surface area (Å²) >= 11 is 1.30. The van der Waals surface area contributed by atoms with Gasteiger partial charge in [-0.3, -0.25) is 9.59 Å². The van der Waals surface area contributed by atoms with Crippen LogP contribution in [0.15, 0.2) is 70.3 Å². The number of aryl methyl sites for hydroxylation is 1. The Hall–Kier alpha value is -3.17. The maximum atomic E-state index is 12.3. The molecule has 3 aromatic rings. The van der Waals surface area contributed by atoms with Crippen LogP contribution in [0.5, 0.6) is 5.75 Å². The highest BCUT2D eigenvalue weighted by Crippen LogP contribution is 2.16. The highest BCUT2D eigenvalue weighted by molar-refractivity contribution is 7.90. The van der Waals surface area contributed by atoms with Crippen molar-refractivity contribution in [3.05, 3.63) is 82.0 Å². The lowest BCUT2D eigenvalue weighted by molar-refractivity contribution is -0.123. The molecule has 2 N–H and O–H groups in total. The fourth-order valence-corrected chi connectivity index (χ4v) is 4.07. The third kappa shape index (κ3) is 5.91. The van der Waals surface area contributed by atoms with Crippen LogP contribution in [-0.4, -0.2) is 26.8 Å². The van der Waals surface area contributed by atoms with Crippen molar-refractivity contribution in [2.45, 2.75) is 18.4 Å². The zero-order valence-electron chi connectivity index (χ0n) is 16.1. The summed E-state index contributed by atoms with van der Waals surface area (Å²) in [6.07, 6.45) is 0. The molecule has 0 spiro atoms. The van der Waals surface area contributed by atoms with Crippen LogP contribution < -0.4 is 14.8 Å². The zero-order valence-corrected chi connectivity index (χ0v) is 17.8. The molecule has 2 amide bonds. The number of rotatable bonds is 8. The molecular weight excluding hydrogens is 424 g/mol. The minimum Gasteiger partial charge on any atom is -0.484 e. The third-order valence-corrected chi connectivity index (χ3v) is 6.15. The van der Waals surface area contributed by atoms with Gasteiger partial charge in [0.25, 0.3) is 21.8 Å². The summed E-state index contributed by atoms with van der Waals surface area (Å²) in [6.45, 7) is 2.18. The highest BCUT2D eigenvalue weighted by Gasteiger charge is 2.19. The Morgan fingerprint density at radius 1 is 1.00 bits per heavy atom. The van der Waals surface area contributed by atoms with Gasteiger partial charge >= 0.3 is 0 Å². The lowest BCUT2D eigenvalue weighted by Crippen LogP contribution is -2.30. The van der Waals surface area contributed by atoms with E-state index >= 15 is 0 Å². The molecule has 0 fully saturated rings. The van der Waals surface area contributed by atoms with Crippen molar-refractivity contribution in [1.82, 2.24) is 10.0 Å². The average molecular weight is 445 g/mol. The van der Waals surface area contributed by atoms with E-state index in [4.69, 9.17) is 4.74 Å². The molecule has 9 heteroatoms. The molecule has 30 heavy (non-hydrogen) atoms. The first-order valence-corrected chi connectivity index (χ1v) is 11.4. The van der Waals surface area contributed by atoms with Crippen molar-refractivity contribution in [3.63, 3.8) is 0 Å². The lowest BCUT2D eigenvalue weighted by Gasteiger charge is -2.09. The van der Waals surface area contributed by atoms with Crippen LogP contribution in [0, 0.1) is 6.92 Å². The Bertz CT molecular complexity index is 1110. The second-order valence-electron chi connectivity index (χ2n) is 6.47. The SMILES string of the molecule is Cc1ccc(CNC(=O)COc2ccc(S(=O)(=O)NC(=O)c3ccsc3)cc2)cc1. The van der Waals surface area contributed by atoms with Crippen molar-refractivity contribution in [3.8, 4) is 5.75 Å². The first-order chi connectivity index (χ1) is 14.3. The third-order valence-electron chi connectivity index (χ3n) is 4.12. The van der Waals surface area contributed by atoms with E-state index in [1.807, 2.05) is 35.9 Å². The normalized spacial score (nSPS) is 11.0. The second kappa shape index (κ2) is 9.55. The van der Waals surface area contributed by atoms with Crippen molar-refractivity contribution in [2.24, 2.45) is 0 Å². The Kier molecular flexibility index (Phi) is 6.86. The molecule has 0 radical (unpaired) electrons. The number of ether oxygens (including phenoxy) is 1. The van der Waals surface area contributed by atoms with Gasteiger partial charge in [0.1, 0.15) is 5.75 Å². The van der Waals surface area contributed by atoms with Crippen LogP contribution >= 0.6 is 11.3 Å². The van der Waals surface area contributed by atoms with Gasteiger partial charge in [0.2, 0.25) is 0 Å². The fraction of sp³-hybridized carbons (Fsp3) is 0.143. The number of nitrogens with one attached hydrogen (secondary N) is 2. The summed E-state index contributed by atoms with van der Waals surface area (Å²) < 4.78 is 32.1. The number of carbonyl (C=O) groups is 2.